The van der Waals surface area contributed by atoms with Crippen LogP contribution in [0.5, 0.6) is 23.0 Å². The van der Waals surface area contributed by atoms with Gasteiger partial charge in [0.25, 0.3) is 0 Å². The van der Waals surface area contributed by atoms with Crippen molar-refractivity contribution in [2.75, 3.05) is 33.0 Å². The number of benzene rings is 2. The van der Waals surface area contributed by atoms with E-state index in [4.69, 9.17) is 18.9 Å². The maximum Gasteiger partial charge on any atom is 0.247 e. The SMILES string of the molecule is CCOc1ccc(/C=C/C(=O)N2CCCC2c2ccc3c(c2)OCCO3)cc1OCC. The minimum Gasteiger partial charge on any atom is -0.490 e. The monoisotopic (exact) mass is 423 g/mol. The van der Waals surface area contributed by atoms with Gasteiger partial charge in [0.2, 0.25) is 5.91 Å². The van der Waals surface area contributed by atoms with Crippen LogP contribution in [-0.2, 0) is 4.79 Å². The average molecular weight is 424 g/mol. The number of fused-ring (bicyclic) bond motifs is 1. The molecule has 0 N–H and O–H groups in total. The van der Waals surface area contributed by atoms with Crippen molar-refractivity contribution in [2.24, 2.45) is 0 Å². The Balaban J connectivity index is 1.49. The van der Waals surface area contributed by atoms with E-state index in [0.717, 1.165) is 42.0 Å². The molecule has 1 unspecified atom stereocenters. The molecule has 0 spiro atoms. The highest BCUT2D eigenvalue weighted by molar-refractivity contribution is 5.92. The number of hydrogen-bond donors (Lipinski definition) is 0. The summed E-state index contributed by atoms with van der Waals surface area (Å²) in [7, 11) is 0. The predicted octanol–water partition coefficient (Wildman–Crippen LogP) is 4.63. The number of hydrogen-bond acceptors (Lipinski definition) is 5. The van der Waals surface area contributed by atoms with Crippen molar-refractivity contribution in [2.45, 2.75) is 32.7 Å². The second kappa shape index (κ2) is 9.77. The van der Waals surface area contributed by atoms with Crippen molar-refractivity contribution in [1.29, 1.82) is 0 Å². The van der Waals surface area contributed by atoms with Gasteiger partial charge in [-0.05, 0) is 68.2 Å². The summed E-state index contributed by atoms with van der Waals surface area (Å²) < 4.78 is 22.6. The molecule has 2 aromatic carbocycles. The zero-order valence-electron chi connectivity index (χ0n) is 18.1. The van der Waals surface area contributed by atoms with Crippen LogP contribution < -0.4 is 18.9 Å². The average Bonchev–Trinajstić information content (AvgIpc) is 3.29. The summed E-state index contributed by atoms with van der Waals surface area (Å²) in [6.07, 6.45) is 5.40. The van der Waals surface area contributed by atoms with Crippen molar-refractivity contribution in [3.8, 4) is 23.0 Å². The topological polar surface area (TPSA) is 57.2 Å². The third-order valence-electron chi connectivity index (χ3n) is 5.47. The predicted molar refractivity (Wildman–Crippen MR) is 119 cm³/mol. The van der Waals surface area contributed by atoms with Gasteiger partial charge in [-0.25, -0.2) is 0 Å². The van der Waals surface area contributed by atoms with Crippen LogP contribution in [0.15, 0.2) is 42.5 Å². The zero-order chi connectivity index (χ0) is 21.6. The molecule has 1 amide bonds. The van der Waals surface area contributed by atoms with E-state index in [1.807, 2.05) is 61.2 Å². The summed E-state index contributed by atoms with van der Waals surface area (Å²) in [6.45, 7) is 6.88. The maximum atomic E-state index is 13.0. The standard InChI is InChI=1S/C25H29NO5/c1-3-28-21-10-7-18(16-23(21)29-4-2)8-12-25(27)26-13-5-6-20(26)19-9-11-22-24(17-19)31-15-14-30-22/h7-12,16-17,20H,3-6,13-15H2,1-2H3/b12-8+. The highest BCUT2D eigenvalue weighted by Crippen LogP contribution is 2.38. The van der Waals surface area contributed by atoms with E-state index >= 15 is 0 Å². The number of carbonyl (C=O) groups is 1. The minimum absolute atomic E-state index is 0.00392. The first-order valence-electron chi connectivity index (χ1n) is 11.0. The lowest BCUT2D eigenvalue weighted by atomic mass is 10.0. The molecule has 6 nitrogen and oxygen atoms in total. The normalized spacial score (nSPS) is 17.7. The van der Waals surface area contributed by atoms with Crippen molar-refractivity contribution < 1.29 is 23.7 Å². The Hall–Kier alpha value is -3.15. The fraction of sp³-hybridized carbons (Fsp3) is 0.400. The molecule has 164 valence electrons. The van der Waals surface area contributed by atoms with E-state index in [9.17, 15) is 4.79 Å². The summed E-state index contributed by atoms with van der Waals surface area (Å²) in [5.41, 5.74) is 1.98. The number of rotatable bonds is 7. The van der Waals surface area contributed by atoms with Gasteiger partial charge in [-0.15, -0.1) is 0 Å². The third kappa shape index (κ3) is 4.79. The summed E-state index contributed by atoms with van der Waals surface area (Å²) in [5.74, 6) is 2.94. The van der Waals surface area contributed by atoms with E-state index in [2.05, 4.69) is 0 Å². The number of likely N-dealkylation sites (tertiary alicyclic amines) is 1. The molecule has 1 fully saturated rings. The highest BCUT2D eigenvalue weighted by Gasteiger charge is 2.29. The summed E-state index contributed by atoms with van der Waals surface area (Å²) in [5, 5.41) is 0. The fourth-order valence-corrected chi connectivity index (χ4v) is 4.08. The lowest BCUT2D eigenvalue weighted by molar-refractivity contribution is -0.126. The van der Waals surface area contributed by atoms with Crippen molar-refractivity contribution in [1.82, 2.24) is 4.90 Å². The molecule has 2 aromatic rings. The molecular formula is C25H29NO5. The Morgan fingerprint density at radius 3 is 2.61 bits per heavy atom. The van der Waals surface area contributed by atoms with Crippen LogP contribution in [0.1, 0.15) is 43.9 Å². The fourth-order valence-electron chi connectivity index (χ4n) is 4.08. The maximum absolute atomic E-state index is 13.0. The van der Waals surface area contributed by atoms with Gasteiger partial charge in [-0.2, -0.15) is 0 Å². The Morgan fingerprint density at radius 2 is 1.81 bits per heavy atom. The number of nitrogens with zero attached hydrogens (tertiary/aromatic N) is 1. The van der Waals surface area contributed by atoms with Crippen LogP contribution in [0, 0.1) is 0 Å². The molecule has 0 aliphatic carbocycles. The van der Waals surface area contributed by atoms with Gasteiger partial charge in [0.1, 0.15) is 13.2 Å². The van der Waals surface area contributed by atoms with E-state index in [1.165, 1.54) is 0 Å². The molecule has 6 heteroatoms. The minimum atomic E-state index is 0.00392. The summed E-state index contributed by atoms with van der Waals surface area (Å²) in [6, 6.07) is 11.7. The van der Waals surface area contributed by atoms with Crippen LogP contribution in [-0.4, -0.2) is 43.8 Å². The van der Waals surface area contributed by atoms with E-state index in [0.29, 0.717) is 37.9 Å². The van der Waals surface area contributed by atoms with Crippen LogP contribution in [0.4, 0.5) is 0 Å². The number of amides is 1. The van der Waals surface area contributed by atoms with E-state index in [1.54, 1.807) is 6.08 Å². The van der Waals surface area contributed by atoms with Crippen molar-refractivity contribution in [3.05, 3.63) is 53.6 Å². The molecule has 0 saturated carbocycles. The van der Waals surface area contributed by atoms with Crippen molar-refractivity contribution >= 4 is 12.0 Å². The van der Waals surface area contributed by atoms with Crippen LogP contribution in [0.2, 0.25) is 0 Å². The molecule has 1 atom stereocenters. The van der Waals surface area contributed by atoms with Gasteiger partial charge < -0.3 is 23.8 Å². The summed E-state index contributed by atoms with van der Waals surface area (Å²) in [4.78, 5) is 14.9. The Bertz CT molecular complexity index is 955. The smallest absolute Gasteiger partial charge is 0.247 e. The lowest BCUT2D eigenvalue weighted by Crippen LogP contribution is -2.29. The lowest BCUT2D eigenvalue weighted by Gasteiger charge is -2.26. The van der Waals surface area contributed by atoms with Crippen molar-refractivity contribution in [3.63, 3.8) is 0 Å². The zero-order valence-corrected chi connectivity index (χ0v) is 18.1. The Morgan fingerprint density at radius 1 is 1.03 bits per heavy atom. The summed E-state index contributed by atoms with van der Waals surface area (Å²) >= 11 is 0. The van der Waals surface area contributed by atoms with Gasteiger partial charge in [0, 0.05) is 12.6 Å². The molecule has 2 aliphatic heterocycles. The first-order chi connectivity index (χ1) is 15.2. The molecule has 0 aromatic heterocycles. The molecule has 4 rings (SSSR count). The van der Waals surface area contributed by atoms with Gasteiger partial charge in [-0.3, -0.25) is 4.79 Å². The van der Waals surface area contributed by atoms with Crippen LogP contribution in [0.3, 0.4) is 0 Å². The first kappa shape index (κ1) is 21.1. The molecule has 31 heavy (non-hydrogen) atoms. The first-order valence-corrected chi connectivity index (χ1v) is 11.0. The van der Waals surface area contributed by atoms with Crippen LogP contribution >= 0.6 is 0 Å². The second-order valence-electron chi connectivity index (χ2n) is 7.50. The van der Waals surface area contributed by atoms with Gasteiger partial charge in [0.15, 0.2) is 23.0 Å². The van der Waals surface area contributed by atoms with Crippen LogP contribution in [0.25, 0.3) is 6.08 Å². The van der Waals surface area contributed by atoms with E-state index in [-0.39, 0.29) is 11.9 Å². The largest absolute Gasteiger partial charge is 0.490 e. The number of ether oxygens (including phenoxy) is 4. The van der Waals surface area contributed by atoms with E-state index < -0.39 is 0 Å². The molecule has 1 saturated heterocycles. The Kier molecular flexibility index (Phi) is 6.65. The second-order valence-corrected chi connectivity index (χ2v) is 7.50. The quantitative estimate of drug-likeness (QED) is 0.608. The highest BCUT2D eigenvalue weighted by atomic mass is 16.6. The molecular weight excluding hydrogens is 394 g/mol. The van der Waals surface area contributed by atoms with Gasteiger partial charge in [0.05, 0.1) is 19.3 Å². The number of carbonyl (C=O) groups excluding carboxylic acids is 1. The molecule has 2 heterocycles. The Labute approximate surface area is 183 Å². The van der Waals surface area contributed by atoms with Gasteiger partial charge >= 0.3 is 0 Å². The molecule has 2 aliphatic rings. The third-order valence-corrected chi connectivity index (χ3v) is 5.47. The van der Waals surface area contributed by atoms with Gasteiger partial charge in [-0.1, -0.05) is 12.1 Å². The molecule has 0 radical (unpaired) electrons. The molecule has 0 bridgehead atoms.